The molecular weight excluding hydrogens is 177 g/mol. The van der Waals surface area contributed by atoms with Crippen molar-refractivity contribution >= 4 is 35.0 Å². The molecule has 0 aromatic carbocycles. The molecule has 2 unspecified atom stereocenters. The van der Waals surface area contributed by atoms with Crippen LogP contribution in [-0.2, 0) is 9.59 Å². The van der Waals surface area contributed by atoms with E-state index in [4.69, 9.17) is 23.2 Å². The molecule has 1 aliphatic rings. The number of carbonyl (C=O) groups excluding carboxylic acids is 2. The van der Waals surface area contributed by atoms with Crippen LogP contribution in [0.2, 0.25) is 0 Å². The second-order valence-corrected chi connectivity index (χ2v) is 2.98. The smallest absolute Gasteiger partial charge is 0.249 e. The van der Waals surface area contributed by atoms with E-state index in [-0.39, 0.29) is 0 Å². The molecule has 0 aromatic rings. The van der Waals surface area contributed by atoms with Gasteiger partial charge in [-0.1, -0.05) is 0 Å². The highest BCUT2D eigenvalue weighted by Crippen LogP contribution is 2.21. The maximum absolute atomic E-state index is 10.8. The van der Waals surface area contributed by atoms with Gasteiger partial charge in [0.25, 0.3) is 0 Å². The van der Waals surface area contributed by atoms with Crippen LogP contribution in [0.1, 0.15) is 0 Å². The van der Waals surface area contributed by atoms with Gasteiger partial charge in [-0.05, 0) is 0 Å². The summed E-state index contributed by atoms with van der Waals surface area (Å²) in [6, 6.07) is 0. The first-order valence-electron chi connectivity index (χ1n) is 2.65. The molecule has 0 aromatic heterocycles. The van der Waals surface area contributed by atoms with Crippen molar-refractivity contribution in [2.45, 2.75) is 10.8 Å². The molecule has 56 valence electrons. The zero-order chi connectivity index (χ0) is 7.89. The maximum atomic E-state index is 10.8. The van der Waals surface area contributed by atoms with Crippen molar-refractivity contribution in [1.82, 2.24) is 4.90 Å². The lowest BCUT2D eigenvalue weighted by atomic mass is 10.3. The van der Waals surface area contributed by atoms with Gasteiger partial charge in [0.05, 0.1) is 0 Å². The van der Waals surface area contributed by atoms with Crippen molar-refractivity contribution in [2.75, 3.05) is 7.05 Å². The number of carbonyl (C=O) groups is 2. The first kappa shape index (κ1) is 7.82. The number of alkyl halides is 2. The summed E-state index contributed by atoms with van der Waals surface area (Å²) in [4.78, 5) is 22.6. The number of hydrogen-bond donors (Lipinski definition) is 0. The quantitative estimate of drug-likeness (QED) is 0.396. The van der Waals surface area contributed by atoms with E-state index >= 15 is 0 Å². The van der Waals surface area contributed by atoms with Gasteiger partial charge in [0.15, 0.2) is 0 Å². The Balaban J connectivity index is 2.89. The average molecular weight is 182 g/mol. The molecule has 5 heteroatoms. The monoisotopic (exact) mass is 181 g/mol. The van der Waals surface area contributed by atoms with Crippen LogP contribution in [0.15, 0.2) is 0 Å². The van der Waals surface area contributed by atoms with Gasteiger partial charge in [0, 0.05) is 7.05 Å². The van der Waals surface area contributed by atoms with Crippen LogP contribution in [-0.4, -0.2) is 34.5 Å². The number of rotatable bonds is 0. The summed E-state index contributed by atoms with van der Waals surface area (Å²) in [5.74, 6) is -0.849. The van der Waals surface area contributed by atoms with Gasteiger partial charge in [0.1, 0.15) is 10.8 Å². The molecule has 1 fully saturated rings. The van der Waals surface area contributed by atoms with Crippen molar-refractivity contribution in [1.29, 1.82) is 0 Å². The number of amides is 2. The normalized spacial score (nSPS) is 33.7. The third kappa shape index (κ3) is 0.896. The molecule has 2 amide bonds. The second-order valence-electron chi connectivity index (χ2n) is 2.04. The van der Waals surface area contributed by atoms with E-state index in [1.807, 2.05) is 0 Å². The molecule has 2 atom stereocenters. The van der Waals surface area contributed by atoms with Gasteiger partial charge in [-0.2, -0.15) is 0 Å². The molecular formula is C5H5Cl2NO2. The summed E-state index contributed by atoms with van der Waals surface area (Å²) in [6.07, 6.45) is 0. The predicted molar refractivity (Wildman–Crippen MR) is 37.1 cm³/mol. The van der Waals surface area contributed by atoms with Gasteiger partial charge in [0.2, 0.25) is 11.8 Å². The fourth-order valence-corrected chi connectivity index (χ4v) is 1.24. The summed E-state index contributed by atoms with van der Waals surface area (Å²) in [5, 5.41) is -1.78. The van der Waals surface area contributed by atoms with Gasteiger partial charge in [-0.15, -0.1) is 23.2 Å². The fourth-order valence-electron chi connectivity index (χ4n) is 0.729. The van der Waals surface area contributed by atoms with E-state index in [1.165, 1.54) is 7.05 Å². The average Bonchev–Trinajstić information content (AvgIpc) is 2.07. The molecule has 1 saturated heterocycles. The van der Waals surface area contributed by atoms with Gasteiger partial charge in [-0.3, -0.25) is 14.5 Å². The Kier molecular flexibility index (Phi) is 1.88. The topological polar surface area (TPSA) is 37.4 Å². The number of halogens is 2. The molecule has 3 nitrogen and oxygen atoms in total. The molecule has 0 radical (unpaired) electrons. The predicted octanol–water partition coefficient (Wildman–Crippen LogP) is 0.200. The van der Waals surface area contributed by atoms with Crippen molar-refractivity contribution in [3.8, 4) is 0 Å². The minimum atomic E-state index is -0.890. The lowest BCUT2D eigenvalue weighted by Crippen LogP contribution is -2.26. The molecule has 0 N–H and O–H groups in total. The van der Waals surface area contributed by atoms with Gasteiger partial charge < -0.3 is 0 Å². The van der Waals surface area contributed by atoms with Gasteiger partial charge in [-0.25, -0.2) is 0 Å². The Labute approximate surface area is 67.9 Å². The minimum Gasteiger partial charge on any atom is -0.283 e. The highest BCUT2D eigenvalue weighted by molar-refractivity contribution is 6.47. The lowest BCUT2D eigenvalue weighted by molar-refractivity contribution is -0.136. The van der Waals surface area contributed by atoms with E-state index in [0.29, 0.717) is 0 Å². The molecule has 1 aliphatic heterocycles. The van der Waals surface area contributed by atoms with E-state index in [1.54, 1.807) is 0 Å². The van der Waals surface area contributed by atoms with Crippen LogP contribution < -0.4 is 0 Å². The highest BCUT2D eigenvalue weighted by Gasteiger charge is 2.43. The zero-order valence-corrected chi connectivity index (χ0v) is 6.69. The first-order valence-corrected chi connectivity index (χ1v) is 3.52. The largest absolute Gasteiger partial charge is 0.283 e. The van der Waals surface area contributed by atoms with Crippen molar-refractivity contribution < 1.29 is 9.59 Å². The van der Waals surface area contributed by atoms with Crippen LogP contribution in [0.25, 0.3) is 0 Å². The third-order valence-electron chi connectivity index (χ3n) is 1.39. The molecule has 1 heterocycles. The Bertz CT molecular complexity index is 174. The van der Waals surface area contributed by atoms with Crippen LogP contribution in [0.3, 0.4) is 0 Å². The fraction of sp³-hybridized carbons (Fsp3) is 0.600. The molecule has 0 saturated carbocycles. The number of likely N-dealkylation sites (tertiary alicyclic amines) is 1. The van der Waals surface area contributed by atoms with Crippen LogP contribution >= 0.6 is 23.2 Å². The Morgan fingerprint density at radius 2 is 1.50 bits per heavy atom. The second kappa shape index (κ2) is 2.40. The van der Waals surface area contributed by atoms with E-state index < -0.39 is 22.6 Å². The van der Waals surface area contributed by atoms with Crippen LogP contribution in [0.5, 0.6) is 0 Å². The summed E-state index contributed by atoms with van der Waals surface area (Å²) in [7, 11) is 1.36. The number of nitrogens with zero attached hydrogens (tertiary/aromatic N) is 1. The van der Waals surface area contributed by atoms with Crippen LogP contribution in [0, 0.1) is 0 Å². The van der Waals surface area contributed by atoms with E-state index in [9.17, 15) is 9.59 Å². The Morgan fingerprint density at radius 3 is 1.60 bits per heavy atom. The highest BCUT2D eigenvalue weighted by atomic mass is 35.5. The third-order valence-corrected chi connectivity index (χ3v) is 2.40. The first-order chi connectivity index (χ1) is 4.55. The van der Waals surface area contributed by atoms with E-state index in [2.05, 4.69) is 0 Å². The van der Waals surface area contributed by atoms with Crippen LogP contribution in [0.4, 0.5) is 0 Å². The molecule has 0 aliphatic carbocycles. The number of hydrogen-bond acceptors (Lipinski definition) is 2. The number of imide groups is 1. The minimum absolute atomic E-state index is 0.424. The van der Waals surface area contributed by atoms with Gasteiger partial charge >= 0.3 is 0 Å². The summed E-state index contributed by atoms with van der Waals surface area (Å²) < 4.78 is 0. The van der Waals surface area contributed by atoms with E-state index in [0.717, 1.165) is 4.90 Å². The molecule has 0 bridgehead atoms. The molecule has 1 rings (SSSR count). The lowest BCUT2D eigenvalue weighted by Gasteiger charge is -2.02. The zero-order valence-electron chi connectivity index (χ0n) is 5.17. The van der Waals surface area contributed by atoms with Crippen molar-refractivity contribution in [3.05, 3.63) is 0 Å². The SMILES string of the molecule is CN1C(=O)C(Cl)C(Cl)C1=O. The standard InChI is InChI=1S/C5H5Cl2NO2/c1-8-4(9)2(6)3(7)5(8)10/h2-3H,1H3. The summed E-state index contributed by atoms with van der Waals surface area (Å²) >= 11 is 10.9. The molecule has 10 heavy (non-hydrogen) atoms. The Morgan fingerprint density at radius 1 is 1.20 bits per heavy atom. The van der Waals surface area contributed by atoms with Crippen molar-refractivity contribution in [2.24, 2.45) is 0 Å². The maximum Gasteiger partial charge on any atom is 0.249 e. The summed E-state index contributed by atoms with van der Waals surface area (Å²) in [6.45, 7) is 0. The summed E-state index contributed by atoms with van der Waals surface area (Å²) in [5.41, 5.74) is 0. The molecule has 0 spiro atoms. The Hall–Kier alpha value is -0.280. The van der Waals surface area contributed by atoms with Crippen molar-refractivity contribution in [3.63, 3.8) is 0 Å².